The molecule has 0 aromatic rings. The van der Waals surface area contributed by atoms with Gasteiger partial charge in [0.05, 0.1) is 0 Å². The molecule has 0 heterocycles. The number of urea groups is 1. The predicted octanol–water partition coefficient (Wildman–Crippen LogP) is -0.477. The van der Waals surface area contributed by atoms with Crippen LogP contribution in [0.15, 0.2) is 0 Å². The molecule has 0 radical (unpaired) electrons. The molecule has 0 aliphatic carbocycles. The van der Waals surface area contributed by atoms with Gasteiger partial charge in [0, 0.05) is 0 Å². The molecule has 0 spiro atoms. The van der Waals surface area contributed by atoms with E-state index in [0.29, 0.717) is 0 Å². The Labute approximate surface area is 49.1 Å². The number of terminal acetylenes is 2. The summed E-state index contributed by atoms with van der Waals surface area (Å²) in [7, 11) is 0. The molecule has 44 valence electrons. The third kappa shape index (κ3) is 19.5. The lowest BCUT2D eigenvalue weighted by Crippen LogP contribution is -2.18. The van der Waals surface area contributed by atoms with Crippen LogP contribution < -0.4 is 11.5 Å². The number of hydrogen-bond donors (Lipinski definition) is 2. The molecule has 4 N–H and O–H groups in total. The quantitative estimate of drug-likeness (QED) is 0.408. The van der Waals surface area contributed by atoms with Gasteiger partial charge in [-0.05, 0) is 0 Å². The lowest BCUT2D eigenvalue weighted by atomic mass is 11.2. The minimum Gasteiger partial charge on any atom is -0.352 e. The molecule has 0 saturated carbocycles. The topological polar surface area (TPSA) is 69.1 Å². The number of amides is 2. The molecule has 0 aromatic carbocycles. The van der Waals surface area contributed by atoms with E-state index >= 15 is 0 Å². The van der Waals surface area contributed by atoms with Crippen LogP contribution in [0.25, 0.3) is 0 Å². The summed E-state index contributed by atoms with van der Waals surface area (Å²) in [5.41, 5.74) is 8.50. The molecule has 0 rings (SSSR count). The average Bonchev–Trinajstić information content (AvgIpc) is 1.75. The van der Waals surface area contributed by atoms with Crippen LogP contribution in [0.3, 0.4) is 0 Å². The summed E-state index contributed by atoms with van der Waals surface area (Å²) in [6.07, 6.45) is 16.0. The summed E-state index contributed by atoms with van der Waals surface area (Å²) < 4.78 is 0. The Bertz CT molecular complexity index is 72.9. The van der Waals surface area contributed by atoms with Gasteiger partial charge in [0.1, 0.15) is 0 Å². The Balaban J connectivity index is -0.0000000542. The van der Waals surface area contributed by atoms with Crippen LogP contribution in [0.2, 0.25) is 0 Å². The fourth-order valence-corrected chi connectivity index (χ4v) is 0. The molecule has 0 unspecified atom stereocenters. The molecule has 0 fully saturated rings. The van der Waals surface area contributed by atoms with Crippen LogP contribution in [0.4, 0.5) is 4.79 Å². The number of carbonyl (C=O) groups is 1. The van der Waals surface area contributed by atoms with E-state index in [1.165, 1.54) is 0 Å². The van der Waals surface area contributed by atoms with Gasteiger partial charge in [0.25, 0.3) is 0 Å². The Hall–Kier alpha value is -1.61. The van der Waals surface area contributed by atoms with Crippen LogP contribution >= 0.6 is 0 Å². The molecule has 3 heteroatoms. The van der Waals surface area contributed by atoms with Crippen molar-refractivity contribution in [1.82, 2.24) is 0 Å². The van der Waals surface area contributed by atoms with Crippen molar-refractivity contribution in [2.24, 2.45) is 11.5 Å². The van der Waals surface area contributed by atoms with Gasteiger partial charge in [0.2, 0.25) is 0 Å². The van der Waals surface area contributed by atoms with Gasteiger partial charge in [-0.25, -0.2) is 4.79 Å². The van der Waals surface area contributed by atoms with Crippen molar-refractivity contribution in [3.8, 4) is 25.7 Å². The van der Waals surface area contributed by atoms with E-state index in [-0.39, 0.29) is 0 Å². The summed E-state index contributed by atoms with van der Waals surface area (Å²) >= 11 is 0. The van der Waals surface area contributed by atoms with E-state index in [4.69, 9.17) is 4.79 Å². The molecular formula is C5H8N2O. The normalized spacial score (nSPS) is 3.50. The third-order valence-corrected chi connectivity index (χ3v) is 0. The van der Waals surface area contributed by atoms with Crippen molar-refractivity contribution in [2.45, 2.75) is 0 Å². The summed E-state index contributed by atoms with van der Waals surface area (Å²) in [5, 5.41) is 0. The summed E-state index contributed by atoms with van der Waals surface area (Å²) in [6, 6.07) is -0.833. The number of primary amides is 2. The molecule has 0 atom stereocenters. The maximum absolute atomic E-state index is 9.00. The van der Waals surface area contributed by atoms with E-state index < -0.39 is 6.03 Å². The van der Waals surface area contributed by atoms with Crippen LogP contribution in [0.1, 0.15) is 0 Å². The van der Waals surface area contributed by atoms with Crippen molar-refractivity contribution in [3.63, 3.8) is 0 Å². The van der Waals surface area contributed by atoms with E-state index in [0.717, 1.165) is 0 Å². The highest BCUT2D eigenvalue weighted by molar-refractivity contribution is 5.69. The zero-order chi connectivity index (χ0) is 7.58. The van der Waals surface area contributed by atoms with E-state index in [2.05, 4.69) is 37.2 Å². The molecular weight excluding hydrogens is 104 g/mol. The minimum atomic E-state index is -0.833. The van der Waals surface area contributed by atoms with E-state index in [9.17, 15) is 0 Å². The van der Waals surface area contributed by atoms with Gasteiger partial charge < -0.3 is 11.5 Å². The zero-order valence-electron chi connectivity index (χ0n) is 4.37. The molecule has 8 heavy (non-hydrogen) atoms. The fraction of sp³-hybridized carbons (Fsp3) is 0. The Morgan fingerprint density at radius 3 is 1.00 bits per heavy atom. The minimum absolute atomic E-state index is 0.833. The molecule has 0 bridgehead atoms. The van der Waals surface area contributed by atoms with Crippen LogP contribution in [-0.4, -0.2) is 6.03 Å². The summed E-state index contributed by atoms with van der Waals surface area (Å²) in [4.78, 5) is 9.00. The first-order chi connectivity index (χ1) is 3.73. The molecule has 2 amide bonds. The van der Waals surface area contributed by atoms with Gasteiger partial charge in [-0.2, -0.15) is 0 Å². The lowest BCUT2D eigenvalue weighted by Gasteiger charge is -1.62. The highest BCUT2D eigenvalue weighted by atomic mass is 16.2. The first kappa shape index (κ1) is 16.2. The summed E-state index contributed by atoms with van der Waals surface area (Å²) in [5.74, 6) is 0. The van der Waals surface area contributed by atoms with Crippen molar-refractivity contribution in [2.75, 3.05) is 0 Å². The monoisotopic (exact) mass is 112 g/mol. The van der Waals surface area contributed by atoms with Crippen molar-refractivity contribution in [3.05, 3.63) is 0 Å². The smallest absolute Gasteiger partial charge is 0.309 e. The number of nitrogens with two attached hydrogens (primary N) is 2. The zero-order valence-corrected chi connectivity index (χ0v) is 4.37. The van der Waals surface area contributed by atoms with Crippen molar-refractivity contribution < 1.29 is 4.79 Å². The number of hydrogen-bond acceptors (Lipinski definition) is 1. The lowest BCUT2D eigenvalue weighted by molar-refractivity contribution is 0.256. The third-order valence-electron chi connectivity index (χ3n) is 0. The first-order valence-electron chi connectivity index (χ1n) is 1.45. The second kappa shape index (κ2) is 53.8. The van der Waals surface area contributed by atoms with E-state index in [1.54, 1.807) is 0 Å². The number of rotatable bonds is 0. The highest BCUT2D eigenvalue weighted by Gasteiger charge is 1.60. The maximum atomic E-state index is 9.00. The van der Waals surface area contributed by atoms with Gasteiger partial charge in [-0.3, -0.25) is 0 Å². The standard InChI is InChI=1S/2C2H2.CH4N2O/c2*1-2;2-1(3)4/h2*1-2H;(H4,2,3,4). The predicted molar refractivity (Wildman–Crippen MR) is 33.6 cm³/mol. The number of carbonyl (C=O) groups excluding carboxylic acids is 1. The maximum Gasteiger partial charge on any atom is 0.309 e. The van der Waals surface area contributed by atoms with Crippen molar-refractivity contribution >= 4 is 6.03 Å². The average molecular weight is 112 g/mol. The van der Waals surface area contributed by atoms with Crippen LogP contribution in [0, 0.1) is 25.7 Å². The Kier molecular flexibility index (Phi) is 109. The first-order valence-corrected chi connectivity index (χ1v) is 1.45. The Morgan fingerprint density at radius 2 is 1.00 bits per heavy atom. The molecule has 3 nitrogen and oxygen atoms in total. The second-order valence-corrected chi connectivity index (χ2v) is 0.402. The molecule has 0 aromatic heterocycles. The van der Waals surface area contributed by atoms with Crippen LogP contribution in [-0.2, 0) is 0 Å². The van der Waals surface area contributed by atoms with Gasteiger partial charge >= 0.3 is 6.03 Å². The fourth-order valence-electron chi connectivity index (χ4n) is 0. The highest BCUT2D eigenvalue weighted by Crippen LogP contribution is 1.25. The van der Waals surface area contributed by atoms with Crippen molar-refractivity contribution in [1.29, 1.82) is 0 Å². The van der Waals surface area contributed by atoms with Gasteiger partial charge in [-0.15, -0.1) is 25.7 Å². The molecule has 0 saturated heterocycles. The molecule has 0 aliphatic heterocycles. The van der Waals surface area contributed by atoms with E-state index in [1.807, 2.05) is 0 Å². The van der Waals surface area contributed by atoms with Crippen LogP contribution in [0.5, 0.6) is 0 Å². The second-order valence-electron chi connectivity index (χ2n) is 0.402. The van der Waals surface area contributed by atoms with Gasteiger partial charge in [0.15, 0.2) is 0 Å². The summed E-state index contributed by atoms with van der Waals surface area (Å²) in [6.45, 7) is 0. The SMILES string of the molecule is C#C.C#C.NC(N)=O. The Morgan fingerprint density at radius 1 is 1.00 bits per heavy atom. The van der Waals surface area contributed by atoms with Gasteiger partial charge in [-0.1, -0.05) is 0 Å². The largest absolute Gasteiger partial charge is 0.352 e. The molecule has 0 aliphatic rings.